The van der Waals surface area contributed by atoms with Crippen LogP contribution in [0.1, 0.15) is 41.3 Å². The Hall–Kier alpha value is -1.88. The number of carbonyl (C=O) groups is 2. The average Bonchev–Trinajstić information content (AvgIpc) is 2.91. The minimum atomic E-state index is -0.226. The highest BCUT2D eigenvalue weighted by Gasteiger charge is 2.14. The molecule has 1 aromatic rings. The molecule has 0 bridgehead atoms. The fourth-order valence-electron chi connectivity index (χ4n) is 2.08. The Kier molecular flexibility index (Phi) is 5.12. The molecular weight excluding hydrogens is 258 g/mol. The number of hydrogen-bond acceptors (Lipinski definition) is 4. The molecular formula is C15H19NO4. The molecule has 1 aliphatic rings. The van der Waals surface area contributed by atoms with E-state index in [0.29, 0.717) is 44.8 Å². The normalized spacial score (nSPS) is 12.8. The van der Waals surface area contributed by atoms with Crippen LogP contribution in [0.4, 0.5) is 0 Å². The van der Waals surface area contributed by atoms with Crippen molar-refractivity contribution in [2.75, 3.05) is 13.2 Å². The lowest BCUT2D eigenvalue weighted by atomic mass is 10.1. The maximum absolute atomic E-state index is 11.9. The van der Waals surface area contributed by atoms with Crippen LogP contribution in [0.15, 0.2) is 18.2 Å². The minimum Gasteiger partial charge on any atom is -0.466 e. The summed E-state index contributed by atoms with van der Waals surface area (Å²) in [6, 6.07) is 5.59. The van der Waals surface area contributed by atoms with Crippen molar-refractivity contribution in [3.05, 3.63) is 34.9 Å². The van der Waals surface area contributed by atoms with Gasteiger partial charge in [0.1, 0.15) is 0 Å². The molecule has 0 saturated carbocycles. The van der Waals surface area contributed by atoms with Gasteiger partial charge in [0.15, 0.2) is 0 Å². The quantitative estimate of drug-likeness (QED) is 0.636. The van der Waals surface area contributed by atoms with Gasteiger partial charge < -0.3 is 14.8 Å². The molecule has 108 valence electrons. The van der Waals surface area contributed by atoms with Crippen LogP contribution in [-0.2, 0) is 27.5 Å². The van der Waals surface area contributed by atoms with Crippen LogP contribution < -0.4 is 5.32 Å². The first kappa shape index (κ1) is 14.5. The summed E-state index contributed by atoms with van der Waals surface area (Å²) in [5.74, 6) is -0.347. The van der Waals surface area contributed by atoms with Crippen LogP contribution >= 0.6 is 0 Å². The van der Waals surface area contributed by atoms with Crippen molar-refractivity contribution in [3.63, 3.8) is 0 Å². The molecule has 1 heterocycles. The molecule has 0 spiro atoms. The Labute approximate surface area is 118 Å². The summed E-state index contributed by atoms with van der Waals surface area (Å²) in [6.07, 6.45) is 0.908. The Bertz CT molecular complexity index is 499. The van der Waals surface area contributed by atoms with Crippen LogP contribution in [0.2, 0.25) is 0 Å². The number of esters is 1. The minimum absolute atomic E-state index is 0.122. The maximum atomic E-state index is 11.9. The van der Waals surface area contributed by atoms with E-state index in [1.165, 1.54) is 0 Å². The van der Waals surface area contributed by atoms with E-state index < -0.39 is 0 Å². The SMILES string of the molecule is CCOC(=O)CCCNC(=O)c1ccc2c(c1)COC2. The standard InChI is InChI=1S/C15H19NO4/c1-2-20-14(17)4-3-7-16-15(18)11-5-6-12-9-19-10-13(12)8-11/h5-6,8H,2-4,7,9-10H2,1H3,(H,16,18). The van der Waals surface area contributed by atoms with Crippen LogP contribution in [0, 0.1) is 0 Å². The molecule has 1 aromatic carbocycles. The third kappa shape index (κ3) is 3.81. The monoisotopic (exact) mass is 277 g/mol. The van der Waals surface area contributed by atoms with E-state index in [-0.39, 0.29) is 11.9 Å². The molecule has 20 heavy (non-hydrogen) atoms. The van der Waals surface area contributed by atoms with E-state index >= 15 is 0 Å². The van der Waals surface area contributed by atoms with Crippen molar-refractivity contribution in [3.8, 4) is 0 Å². The second-order valence-corrected chi connectivity index (χ2v) is 4.64. The Balaban J connectivity index is 1.76. The summed E-state index contributed by atoms with van der Waals surface area (Å²) in [7, 11) is 0. The lowest BCUT2D eigenvalue weighted by molar-refractivity contribution is -0.143. The number of rotatable bonds is 6. The second-order valence-electron chi connectivity index (χ2n) is 4.64. The van der Waals surface area contributed by atoms with E-state index in [4.69, 9.17) is 9.47 Å². The highest BCUT2D eigenvalue weighted by atomic mass is 16.5. The topological polar surface area (TPSA) is 64.6 Å². The van der Waals surface area contributed by atoms with Crippen LogP contribution in [0.5, 0.6) is 0 Å². The van der Waals surface area contributed by atoms with Gasteiger partial charge in [0.05, 0.1) is 19.8 Å². The van der Waals surface area contributed by atoms with Crippen molar-refractivity contribution in [1.29, 1.82) is 0 Å². The second kappa shape index (κ2) is 7.05. The molecule has 2 rings (SSSR count). The van der Waals surface area contributed by atoms with Gasteiger partial charge in [-0.3, -0.25) is 9.59 Å². The van der Waals surface area contributed by atoms with Gasteiger partial charge in [-0.1, -0.05) is 6.07 Å². The van der Waals surface area contributed by atoms with Crippen molar-refractivity contribution in [2.45, 2.75) is 33.0 Å². The molecule has 5 nitrogen and oxygen atoms in total. The first-order chi connectivity index (χ1) is 9.70. The zero-order valence-corrected chi connectivity index (χ0v) is 11.6. The van der Waals surface area contributed by atoms with Gasteiger partial charge in [0.2, 0.25) is 0 Å². The average molecular weight is 277 g/mol. The number of fused-ring (bicyclic) bond motifs is 1. The molecule has 1 aliphatic heterocycles. The molecule has 0 unspecified atom stereocenters. The maximum Gasteiger partial charge on any atom is 0.305 e. The number of carbonyl (C=O) groups excluding carboxylic acids is 2. The summed E-state index contributed by atoms with van der Waals surface area (Å²) in [6.45, 7) is 3.82. The van der Waals surface area contributed by atoms with E-state index in [2.05, 4.69) is 5.32 Å². The lowest BCUT2D eigenvalue weighted by Gasteiger charge is -2.06. The van der Waals surface area contributed by atoms with E-state index in [9.17, 15) is 9.59 Å². The highest BCUT2D eigenvalue weighted by Crippen LogP contribution is 2.20. The van der Waals surface area contributed by atoms with Gasteiger partial charge in [0.25, 0.3) is 5.91 Å². The molecule has 0 atom stereocenters. The van der Waals surface area contributed by atoms with Crippen molar-refractivity contribution in [1.82, 2.24) is 5.32 Å². The number of amides is 1. The predicted molar refractivity (Wildman–Crippen MR) is 73.1 cm³/mol. The fourth-order valence-corrected chi connectivity index (χ4v) is 2.08. The van der Waals surface area contributed by atoms with Gasteiger partial charge in [-0.05, 0) is 36.6 Å². The zero-order chi connectivity index (χ0) is 14.4. The van der Waals surface area contributed by atoms with Gasteiger partial charge in [-0.15, -0.1) is 0 Å². The molecule has 1 amide bonds. The Morgan fingerprint density at radius 3 is 2.90 bits per heavy atom. The van der Waals surface area contributed by atoms with Gasteiger partial charge in [0, 0.05) is 18.5 Å². The summed E-state index contributed by atoms with van der Waals surface area (Å²) in [5, 5.41) is 2.80. The molecule has 1 N–H and O–H groups in total. The van der Waals surface area contributed by atoms with Crippen molar-refractivity contribution < 1.29 is 19.1 Å². The van der Waals surface area contributed by atoms with Gasteiger partial charge in [-0.25, -0.2) is 0 Å². The molecule has 0 fully saturated rings. The first-order valence-corrected chi connectivity index (χ1v) is 6.84. The Morgan fingerprint density at radius 1 is 1.30 bits per heavy atom. The zero-order valence-electron chi connectivity index (χ0n) is 11.6. The molecule has 5 heteroatoms. The van der Waals surface area contributed by atoms with Crippen molar-refractivity contribution in [2.24, 2.45) is 0 Å². The van der Waals surface area contributed by atoms with Crippen LogP contribution in [-0.4, -0.2) is 25.0 Å². The Morgan fingerprint density at radius 2 is 2.10 bits per heavy atom. The highest BCUT2D eigenvalue weighted by molar-refractivity contribution is 5.94. The van der Waals surface area contributed by atoms with E-state index in [1.807, 2.05) is 12.1 Å². The van der Waals surface area contributed by atoms with E-state index in [1.54, 1.807) is 13.0 Å². The van der Waals surface area contributed by atoms with Crippen LogP contribution in [0.25, 0.3) is 0 Å². The number of nitrogens with one attached hydrogen (secondary N) is 1. The van der Waals surface area contributed by atoms with Gasteiger partial charge >= 0.3 is 5.97 Å². The summed E-state index contributed by atoms with van der Waals surface area (Å²) in [4.78, 5) is 23.1. The number of ether oxygens (including phenoxy) is 2. The first-order valence-electron chi connectivity index (χ1n) is 6.84. The molecule has 0 aliphatic carbocycles. The third-order valence-electron chi connectivity index (χ3n) is 3.13. The predicted octanol–water partition coefficient (Wildman–Crippen LogP) is 1.79. The molecule has 0 aromatic heterocycles. The van der Waals surface area contributed by atoms with Gasteiger partial charge in [-0.2, -0.15) is 0 Å². The smallest absolute Gasteiger partial charge is 0.305 e. The molecule has 0 saturated heterocycles. The summed E-state index contributed by atoms with van der Waals surface area (Å²) in [5.41, 5.74) is 2.85. The largest absolute Gasteiger partial charge is 0.466 e. The van der Waals surface area contributed by atoms with Crippen molar-refractivity contribution >= 4 is 11.9 Å². The molecule has 0 radical (unpaired) electrons. The number of benzene rings is 1. The third-order valence-corrected chi connectivity index (χ3v) is 3.13. The fraction of sp³-hybridized carbons (Fsp3) is 0.467. The lowest BCUT2D eigenvalue weighted by Crippen LogP contribution is -2.25. The number of hydrogen-bond donors (Lipinski definition) is 1. The van der Waals surface area contributed by atoms with Crippen LogP contribution in [0.3, 0.4) is 0 Å². The summed E-state index contributed by atoms with van der Waals surface area (Å²) >= 11 is 0. The van der Waals surface area contributed by atoms with E-state index in [0.717, 1.165) is 11.1 Å². The summed E-state index contributed by atoms with van der Waals surface area (Å²) < 4.78 is 10.1.